The van der Waals surface area contributed by atoms with Gasteiger partial charge in [-0.15, -0.1) is 0 Å². The molecule has 2 aromatic rings. The van der Waals surface area contributed by atoms with Crippen molar-refractivity contribution in [2.45, 2.75) is 90.1 Å². The lowest BCUT2D eigenvalue weighted by Crippen LogP contribution is -2.35. The summed E-state index contributed by atoms with van der Waals surface area (Å²) in [5.74, 6) is -0.526. The zero-order valence-corrected chi connectivity index (χ0v) is 21.2. The van der Waals surface area contributed by atoms with Gasteiger partial charge in [-0.05, 0) is 70.6 Å². The third kappa shape index (κ3) is 6.36. The summed E-state index contributed by atoms with van der Waals surface area (Å²) in [6, 6.07) is 4.78. The number of amides is 1. The normalized spacial score (nSPS) is 20.4. The van der Waals surface area contributed by atoms with Crippen LogP contribution in [0, 0.1) is 11.7 Å². The van der Waals surface area contributed by atoms with Gasteiger partial charge in [0.1, 0.15) is 5.69 Å². The Balaban J connectivity index is 1.36. The van der Waals surface area contributed by atoms with Crippen LogP contribution in [-0.2, 0) is 20.9 Å². The van der Waals surface area contributed by atoms with Crippen molar-refractivity contribution in [3.05, 3.63) is 36.2 Å². The SMILES string of the molecule is CC(C)OC(=O)[C@H]1CCC[C@H](Oc2ccc(-c3ncoc3COC(=O)N(C)C3CCCC3)cc2F)C1. The largest absolute Gasteiger partial charge is 0.487 e. The second kappa shape index (κ2) is 11.8. The Kier molecular flexibility index (Phi) is 8.48. The highest BCUT2D eigenvalue weighted by Crippen LogP contribution is 2.32. The fourth-order valence-electron chi connectivity index (χ4n) is 5.00. The minimum Gasteiger partial charge on any atom is -0.487 e. The van der Waals surface area contributed by atoms with E-state index >= 15 is 0 Å². The molecule has 1 aromatic carbocycles. The molecule has 0 unspecified atom stereocenters. The lowest BCUT2D eigenvalue weighted by molar-refractivity contribution is -0.154. The summed E-state index contributed by atoms with van der Waals surface area (Å²) >= 11 is 0. The number of halogens is 1. The summed E-state index contributed by atoms with van der Waals surface area (Å²) in [4.78, 5) is 30.5. The molecule has 2 fully saturated rings. The predicted octanol–water partition coefficient (Wildman–Crippen LogP) is 5.88. The molecule has 0 radical (unpaired) electrons. The topological polar surface area (TPSA) is 91.1 Å². The molecule has 0 bridgehead atoms. The molecular weight excluding hydrogens is 467 g/mol. The minimum absolute atomic E-state index is 0.0962. The average molecular weight is 503 g/mol. The molecule has 1 heterocycles. The maximum atomic E-state index is 15.0. The maximum Gasteiger partial charge on any atom is 0.410 e. The number of carbonyl (C=O) groups excluding carboxylic acids is 2. The van der Waals surface area contributed by atoms with Crippen molar-refractivity contribution in [1.29, 1.82) is 0 Å². The fraction of sp³-hybridized carbons (Fsp3) is 0.593. The van der Waals surface area contributed by atoms with Gasteiger partial charge in [0.15, 0.2) is 30.3 Å². The molecule has 196 valence electrons. The number of benzene rings is 1. The summed E-state index contributed by atoms with van der Waals surface area (Å²) in [5, 5.41) is 0. The minimum atomic E-state index is -0.536. The molecule has 2 atom stereocenters. The third-order valence-corrected chi connectivity index (χ3v) is 6.94. The predicted molar refractivity (Wildman–Crippen MR) is 130 cm³/mol. The Morgan fingerprint density at radius 3 is 2.67 bits per heavy atom. The van der Waals surface area contributed by atoms with Gasteiger partial charge in [-0.25, -0.2) is 14.2 Å². The number of hydrogen-bond acceptors (Lipinski definition) is 7. The van der Waals surface area contributed by atoms with Gasteiger partial charge in [0, 0.05) is 18.7 Å². The molecule has 0 aliphatic heterocycles. The highest BCUT2D eigenvalue weighted by molar-refractivity contribution is 5.72. The van der Waals surface area contributed by atoms with Crippen molar-refractivity contribution < 1.29 is 32.6 Å². The van der Waals surface area contributed by atoms with Gasteiger partial charge >= 0.3 is 12.1 Å². The first-order valence-corrected chi connectivity index (χ1v) is 12.8. The van der Waals surface area contributed by atoms with Crippen LogP contribution in [0.1, 0.15) is 71.0 Å². The van der Waals surface area contributed by atoms with Crippen LogP contribution < -0.4 is 4.74 Å². The number of nitrogens with zero attached hydrogens (tertiary/aromatic N) is 2. The van der Waals surface area contributed by atoms with E-state index in [1.807, 2.05) is 13.8 Å². The molecule has 2 aliphatic rings. The Labute approximate surface area is 211 Å². The van der Waals surface area contributed by atoms with Crippen molar-refractivity contribution in [3.63, 3.8) is 0 Å². The lowest BCUT2D eigenvalue weighted by Gasteiger charge is -2.29. The Hall–Kier alpha value is -3.10. The Morgan fingerprint density at radius 2 is 1.94 bits per heavy atom. The molecule has 1 aromatic heterocycles. The summed E-state index contributed by atoms with van der Waals surface area (Å²) < 4.78 is 37.1. The molecule has 0 spiro atoms. The average Bonchev–Trinajstić information content (AvgIpc) is 3.55. The van der Waals surface area contributed by atoms with Gasteiger partial charge in [-0.3, -0.25) is 4.79 Å². The molecule has 2 aliphatic carbocycles. The molecular formula is C27H35FN2O6. The van der Waals surface area contributed by atoms with Crippen LogP contribution in [0.15, 0.2) is 29.0 Å². The monoisotopic (exact) mass is 502 g/mol. The van der Waals surface area contributed by atoms with Crippen molar-refractivity contribution in [2.75, 3.05) is 7.05 Å². The van der Waals surface area contributed by atoms with E-state index in [1.165, 1.54) is 12.5 Å². The summed E-state index contributed by atoms with van der Waals surface area (Å²) in [7, 11) is 1.75. The van der Waals surface area contributed by atoms with E-state index in [0.29, 0.717) is 23.4 Å². The van der Waals surface area contributed by atoms with E-state index in [2.05, 4.69) is 4.98 Å². The highest BCUT2D eigenvalue weighted by Gasteiger charge is 2.31. The Morgan fingerprint density at radius 1 is 1.17 bits per heavy atom. The number of carbonyl (C=O) groups is 2. The van der Waals surface area contributed by atoms with Gasteiger partial charge < -0.3 is 23.5 Å². The highest BCUT2D eigenvalue weighted by atomic mass is 19.1. The number of oxazole rings is 1. The zero-order valence-electron chi connectivity index (χ0n) is 21.2. The number of aromatic nitrogens is 1. The number of rotatable bonds is 8. The van der Waals surface area contributed by atoms with Gasteiger partial charge in [-0.1, -0.05) is 12.8 Å². The quantitative estimate of drug-likeness (QED) is 0.416. The van der Waals surface area contributed by atoms with Gasteiger partial charge in [0.25, 0.3) is 0 Å². The van der Waals surface area contributed by atoms with Crippen LogP contribution >= 0.6 is 0 Å². The first kappa shape index (κ1) is 26.0. The standard InChI is InChI=1S/C27H35FN2O6/c1-17(2)35-26(31)19-7-6-10-21(13-19)36-23-12-11-18(14-22(23)28)25-24(34-16-29-25)15-33-27(32)30(3)20-8-4-5-9-20/h11-12,14,16-17,19-21H,4-10,13,15H2,1-3H3/t19-,21-/m0/s1. The fourth-order valence-corrected chi connectivity index (χ4v) is 5.00. The van der Waals surface area contributed by atoms with E-state index in [1.54, 1.807) is 24.1 Å². The van der Waals surface area contributed by atoms with Crippen LogP contribution in [0.25, 0.3) is 11.3 Å². The van der Waals surface area contributed by atoms with Gasteiger partial charge in [0.05, 0.1) is 18.1 Å². The van der Waals surface area contributed by atoms with Crippen LogP contribution in [0.3, 0.4) is 0 Å². The van der Waals surface area contributed by atoms with Crippen molar-refractivity contribution in [3.8, 4) is 17.0 Å². The maximum absolute atomic E-state index is 15.0. The number of ether oxygens (including phenoxy) is 3. The first-order valence-electron chi connectivity index (χ1n) is 12.8. The number of esters is 1. The van der Waals surface area contributed by atoms with E-state index in [0.717, 1.165) is 44.9 Å². The molecule has 0 saturated heterocycles. The second-order valence-corrected chi connectivity index (χ2v) is 9.96. The smallest absolute Gasteiger partial charge is 0.410 e. The molecule has 1 amide bonds. The van der Waals surface area contributed by atoms with Gasteiger partial charge in [-0.2, -0.15) is 0 Å². The zero-order chi connectivity index (χ0) is 25.7. The lowest BCUT2D eigenvalue weighted by atomic mass is 9.87. The van der Waals surface area contributed by atoms with Crippen LogP contribution in [0.5, 0.6) is 5.75 Å². The van der Waals surface area contributed by atoms with Crippen molar-refractivity contribution >= 4 is 12.1 Å². The summed E-state index contributed by atoms with van der Waals surface area (Å²) in [5.41, 5.74) is 0.900. The van der Waals surface area contributed by atoms with Crippen molar-refractivity contribution in [2.24, 2.45) is 5.92 Å². The summed E-state index contributed by atoms with van der Waals surface area (Å²) in [6.07, 6.45) is 7.43. The van der Waals surface area contributed by atoms with Gasteiger partial charge in [0.2, 0.25) is 0 Å². The molecule has 9 heteroatoms. The second-order valence-electron chi connectivity index (χ2n) is 9.96. The summed E-state index contributed by atoms with van der Waals surface area (Å²) in [6.45, 7) is 3.55. The molecule has 8 nitrogen and oxygen atoms in total. The Bertz CT molecular complexity index is 1050. The van der Waals surface area contributed by atoms with E-state index < -0.39 is 11.9 Å². The molecule has 4 rings (SSSR count). The third-order valence-electron chi connectivity index (χ3n) is 6.94. The van der Waals surface area contributed by atoms with Crippen LogP contribution in [0.4, 0.5) is 9.18 Å². The van der Waals surface area contributed by atoms with Crippen molar-refractivity contribution in [1.82, 2.24) is 9.88 Å². The number of hydrogen-bond donors (Lipinski definition) is 0. The van der Waals surface area contributed by atoms with Crippen LogP contribution in [0.2, 0.25) is 0 Å². The molecule has 0 N–H and O–H groups in total. The van der Waals surface area contributed by atoms with E-state index in [4.69, 9.17) is 18.6 Å². The van der Waals surface area contributed by atoms with Crippen LogP contribution in [-0.4, -0.2) is 47.2 Å². The van der Waals surface area contributed by atoms with E-state index in [-0.39, 0.29) is 42.5 Å². The molecule has 2 saturated carbocycles. The molecule has 36 heavy (non-hydrogen) atoms. The first-order chi connectivity index (χ1) is 17.3. The van der Waals surface area contributed by atoms with E-state index in [9.17, 15) is 14.0 Å².